The standard InChI is InChI=1S/C27H30N2O5/c30-25(31)15-18-6-5-13-29(18)26(32)24(14-17-11-12-17)28-27(33)34-16-23-21-9-3-1-7-19(21)20-8-2-4-10-22(20)23/h1-4,7-10,17-18,23-24H,5-6,11-16H2,(H,28,33)(H,30,31)/t18-,24?/m1/s1. The number of carboxylic acid groups (broad SMARTS) is 1. The molecule has 2 aliphatic carbocycles. The van der Waals surface area contributed by atoms with Crippen LogP contribution in [0.4, 0.5) is 4.79 Å². The number of benzene rings is 2. The lowest BCUT2D eigenvalue weighted by Gasteiger charge is -2.28. The van der Waals surface area contributed by atoms with Crippen LogP contribution in [0.3, 0.4) is 0 Å². The Morgan fingerprint density at radius 2 is 1.65 bits per heavy atom. The minimum Gasteiger partial charge on any atom is -0.481 e. The Hall–Kier alpha value is -3.35. The molecule has 0 aromatic heterocycles. The lowest BCUT2D eigenvalue weighted by Crippen LogP contribution is -2.50. The summed E-state index contributed by atoms with van der Waals surface area (Å²) in [5.74, 6) is -0.727. The molecule has 2 amide bonds. The Labute approximate surface area is 199 Å². The predicted octanol–water partition coefficient (Wildman–Crippen LogP) is 4.16. The maximum atomic E-state index is 13.3. The van der Waals surface area contributed by atoms with Crippen molar-refractivity contribution in [1.82, 2.24) is 10.2 Å². The topological polar surface area (TPSA) is 95.9 Å². The van der Waals surface area contributed by atoms with E-state index in [0.29, 0.717) is 25.3 Å². The summed E-state index contributed by atoms with van der Waals surface area (Å²) in [6, 6.07) is 15.3. The summed E-state index contributed by atoms with van der Waals surface area (Å²) in [7, 11) is 0. The molecule has 0 bridgehead atoms. The molecule has 2 atom stereocenters. The summed E-state index contributed by atoms with van der Waals surface area (Å²) < 4.78 is 5.66. The quantitative estimate of drug-likeness (QED) is 0.614. The van der Waals surface area contributed by atoms with Crippen molar-refractivity contribution in [3.05, 3.63) is 59.7 Å². The third kappa shape index (κ3) is 4.65. The smallest absolute Gasteiger partial charge is 0.407 e. The number of carboxylic acids is 1. The first-order valence-electron chi connectivity index (χ1n) is 12.1. The Kier molecular flexibility index (Phi) is 6.26. The molecule has 0 spiro atoms. The van der Waals surface area contributed by atoms with Gasteiger partial charge in [-0.3, -0.25) is 9.59 Å². The van der Waals surface area contributed by atoms with Crippen molar-refractivity contribution in [2.75, 3.05) is 13.2 Å². The highest BCUT2D eigenvalue weighted by Gasteiger charge is 2.38. The normalized spacial score (nSPS) is 19.9. The highest BCUT2D eigenvalue weighted by Crippen LogP contribution is 2.44. The second-order valence-corrected chi connectivity index (χ2v) is 9.63. The van der Waals surface area contributed by atoms with Crippen LogP contribution >= 0.6 is 0 Å². The second kappa shape index (κ2) is 9.49. The van der Waals surface area contributed by atoms with Crippen LogP contribution in [0.15, 0.2) is 48.5 Å². The van der Waals surface area contributed by atoms with Crippen molar-refractivity contribution >= 4 is 18.0 Å². The minimum absolute atomic E-state index is 0.0470. The van der Waals surface area contributed by atoms with Crippen molar-refractivity contribution < 1.29 is 24.2 Å². The number of fused-ring (bicyclic) bond motifs is 3. The summed E-state index contributed by atoms with van der Waals surface area (Å²) in [6.45, 7) is 0.722. The van der Waals surface area contributed by atoms with Crippen LogP contribution in [0, 0.1) is 5.92 Å². The molecule has 2 N–H and O–H groups in total. The van der Waals surface area contributed by atoms with E-state index in [1.807, 2.05) is 24.3 Å². The Morgan fingerprint density at radius 3 is 2.26 bits per heavy atom. The molecule has 1 aliphatic heterocycles. The fourth-order valence-corrected chi connectivity index (χ4v) is 5.43. The number of hydrogen-bond acceptors (Lipinski definition) is 4. The molecule has 3 aliphatic rings. The number of alkyl carbamates (subject to hydrolysis) is 1. The summed E-state index contributed by atoms with van der Waals surface area (Å²) in [6.07, 6.45) is 3.47. The number of ether oxygens (including phenoxy) is 1. The Bertz CT molecular complexity index is 1050. The van der Waals surface area contributed by atoms with Crippen molar-refractivity contribution in [1.29, 1.82) is 0 Å². The highest BCUT2D eigenvalue weighted by atomic mass is 16.5. The molecule has 7 nitrogen and oxygen atoms in total. The molecular weight excluding hydrogens is 432 g/mol. The average Bonchev–Trinajstić information content (AvgIpc) is 3.43. The molecular formula is C27H30N2O5. The van der Waals surface area contributed by atoms with E-state index in [9.17, 15) is 19.5 Å². The zero-order chi connectivity index (χ0) is 23.7. The third-order valence-corrected chi connectivity index (χ3v) is 7.27. The molecule has 5 rings (SSSR count). The predicted molar refractivity (Wildman–Crippen MR) is 126 cm³/mol. The van der Waals surface area contributed by atoms with Crippen molar-refractivity contribution in [3.8, 4) is 11.1 Å². The van der Waals surface area contributed by atoms with E-state index in [-0.39, 0.29) is 30.9 Å². The molecule has 178 valence electrons. The molecule has 2 aromatic rings. The van der Waals surface area contributed by atoms with Crippen LogP contribution in [0.5, 0.6) is 0 Å². The molecule has 34 heavy (non-hydrogen) atoms. The average molecular weight is 463 g/mol. The van der Waals surface area contributed by atoms with Gasteiger partial charge in [-0.2, -0.15) is 0 Å². The lowest BCUT2D eigenvalue weighted by molar-refractivity contribution is -0.140. The van der Waals surface area contributed by atoms with E-state index in [1.165, 1.54) is 0 Å². The Morgan fingerprint density at radius 1 is 1.00 bits per heavy atom. The van der Waals surface area contributed by atoms with Gasteiger partial charge in [-0.15, -0.1) is 0 Å². The highest BCUT2D eigenvalue weighted by molar-refractivity contribution is 5.87. The summed E-state index contributed by atoms with van der Waals surface area (Å²) in [5.41, 5.74) is 4.59. The molecule has 1 unspecified atom stereocenters. The minimum atomic E-state index is -0.909. The number of nitrogens with zero attached hydrogens (tertiary/aromatic N) is 1. The maximum Gasteiger partial charge on any atom is 0.407 e. The van der Waals surface area contributed by atoms with Gasteiger partial charge in [0.15, 0.2) is 0 Å². The number of carbonyl (C=O) groups excluding carboxylic acids is 2. The summed E-state index contributed by atoms with van der Waals surface area (Å²) >= 11 is 0. The molecule has 1 saturated carbocycles. The SMILES string of the molecule is O=C(O)C[C@H]1CCCN1C(=O)C(CC1CC1)NC(=O)OCC1c2ccccc2-c2ccccc21. The third-order valence-electron chi connectivity index (χ3n) is 7.27. The van der Waals surface area contributed by atoms with Gasteiger partial charge in [-0.25, -0.2) is 4.79 Å². The maximum absolute atomic E-state index is 13.3. The van der Waals surface area contributed by atoms with E-state index < -0.39 is 18.1 Å². The first-order chi connectivity index (χ1) is 16.5. The molecule has 1 heterocycles. The van der Waals surface area contributed by atoms with Crippen LogP contribution < -0.4 is 5.32 Å². The van der Waals surface area contributed by atoms with Crippen molar-refractivity contribution in [2.24, 2.45) is 5.92 Å². The molecule has 0 radical (unpaired) electrons. The Balaban J connectivity index is 1.25. The number of carbonyl (C=O) groups is 3. The number of hydrogen-bond donors (Lipinski definition) is 2. The summed E-state index contributed by atoms with van der Waals surface area (Å²) in [5, 5.41) is 12.0. The largest absolute Gasteiger partial charge is 0.481 e. The molecule has 1 saturated heterocycles. The number of aliphatic carboxylic acids is 1. The monoisotopic (exact) mass is 462 g/mol. The van der Waals surface area contributed by atoms with Crippen LogP contribution in [0.25, 0.3) is 11.1 Å². The van der Waals surface area contributed by atoms with E-state index in [1.54, 1.807) is 4.90 Å². The van der Waals surface area contributed by atoms with Gasteiger partial charge in [0.05, 0.1) is 6.42 Å². The lowest BCUT2D eigenvalue weighted by atomic mass is 9.98. The van der Waals surface area contributed by atoms with Crippen LogP contribution in [-0.4, -0.2) is 53.2 Å². The molecule has 7 heteroatoms. The van der Waals surface area contributed by atoms with Crippen LogP contribution in [0.2, 0.25) is 0 Å². The van der Waals surface area contributed by atoms with Gasteiger partial charge in [0.2, 0.25) is 5.91 Å². The summed E-state index contributed by atoms with van der Waals surface area (Å²) in [4.78, 5) is 39.0. The van der Waals surface area contributed by atoms with Gasteiger partial charge in [-0.1, -0.05) is 61.4 Å². The molecule has 2 aromatic carbocycles. The zero-order valence-corrected chi connectivity index (χ0v) is 19.1. The van der Waals surface area contributed by atoms with Gasteiger partial charge < -0.3 is 20.1 Å². The number of likely N-dealkylation sites (tertiary alicyclic amines) is 1. The number of amides is 2. The van der Waals surface area contributed by atoms with Crippen molar-refractivity contribution in [3.63, 3.8) is 0 Å². The van der Waals surface area contributed by atoms with Gasteiger partial charge >= 0.3 is 12.1 Å². The van der Waals surface area contributed by atoms with E-state index >= 15 is 0 Å². The number of nitrogens with one attached hydrogen (secondary N) is 1. The zero-order valence-electron chi connectivity index (χ0n) is 19.1. The van der Waals surface area contributed by atoms with Gasteiger partial charge in [-0.05, 0) is 47.4 Å². The first kappa shape index (κ1) is 22.4. The fraction of sp³-hybridized carbons (Fsp3) is 0.444. The van der Waals surface area contributed by atoms with Crippen molar-refractivity contribution in [2.45, 2.75) is 56.5 Å². The first-order valence-corrected chi connectivity index (χ1v) is 12.1. The van der Waals surface area contributed by atoms with E-state index in [0.717, 1.165) is 41.5 Å². The molecule has 2 fully saturated rings. The van der Waals surface area contributed by atoms with Gasteiger partial charge in [0.25, 0.3) is 0 Å². The van der Waals surface area contributed by atoms with Gasteiger partial charge in [0, 0.05) is 18.5 Å². The number of rotatable bonds is 8. The van der Waals surface area contributed by atoms with Gasteiger partial charge in [0.1, 0.15) is 12.6 Å². The van der Waals surface area contributed by atoms with E-state index in [4.69, 9.17) is 4.74 Å². The van der Waals surface area contributed by atoms with E-state index in [2.05, 4.69) is 29.6 Å². The second-order valence-electron chi connectivity index (χ2n) is 9.63. The van der Waals surface area contributed by atoms with Crippen LogP contribution in [0.1, 0.15) is 55.6 Å². The fourth-order valence-electron chi connectivity index (χ4n) is 5.43. The van der Waals surface area contributed by atoms with Crippen LogP contribution in [-0.2, 0) is 14.3 Å².